The summed E-state index contributed by atoms with van der Waals surface area (Å²) in [4.78, 5) is 2.58. The average molecular weight is 420 g/mol. The van der Waals surface area contributed by atoms with Gasteiger partial charge in [0.15, 0.2) is 0 Å². The molecule has 0 radical (unpaired) electrons. The van der Waals surface area contributed by atoms with Gasteiger partial charge in [-0.2, -0.15) is 8.42 Å². The maximum atomic E-state index is 13.4. The van der Waals surface area contributed by atoms with Crippen molar-refractivity contribution >= 4 is 10.1 Å². The first kappa shape index (κ1) is 21.9. The number of hydrogen-bond donors (Lipinski definition) is 0. The van der Waals surface area contributed by atoms with Crippen molar-refractivity contribution in [3.05, 3.63) is 66.0 Å². The third kappa shape index (κ3) is 6.11. The number of hydrogen-bond acceptors (Lipinski definition) is 4. The van der Waals surface area contributed by atoms with Crippen molar-refractivity contribution in [3.8, 4) is 0 Å². The van der Waals surface area contributed by atoms with E-state index in [0.29, 0.717) is 0 Å². The molecule has 3 rings (SSSR count). The fourth-order valence-corrected chi connectivity index (χ4v) is 5.03. The predicted molar refractivity (Wildman–Crippen MR) is 113 cm³/mol. The predicted octanol–water partition coefficient (Wildman–Crippen LogP) is 4.83. The van der Waals surface area contributed by atoms with Crippen LogP contribution in [-0.2, 0) is 14.3 Å². The van der Waals surface area contributed by atoms with Crippen molar-refractivity contribution in [1.82, 2.24) is 4.90 Å². The van der Waals surface area contributed by atoms with Gasteiger partial charge in [-0.25, -0.2) is 4.39 Å². The summed E-state index contributed by atoms with van der Waals surface area (Å²) in [5.41, 5.74) is 1.05. The van der Waals surface area contributed by atoms with Crippen LogP contribution in [0.25, 0.3) is 0 Å². The third-order valence-corrected chi connectivity index (χ3v) is 6.96. The van der Waals surface area contributed by atoms with E-state index in [4.69, 9.17) is 4.18 Å². The minimum Gasteiger partial charge on any atom is -0.303 e. The van der Waals surface area contributed by atoms with Crippen molar-refractivity contribution in [2.75, 3.05) is 26.2 Å². The third-order valence-electron chi connectivity index (χ3n) is 5.66. The molecule has 158 valence electrons. The second kappa shape index (κ2) is 10.3. The van der Waals surface area contributed by atoms with Crippen molar-refractivity contribution in [1.29, 1.82) is 0 Å². The zero-order valence-corrected chi connectivity index (χ0v) is 17.8. The van der Waals surface area contributed by atoms with Gasteiger partial charge in [0.2, 0.25) is 0 Å². The number of likely N-dealkylation sites (tertiary alicyclic amines) is 1. The van der Waals surface area contributed by atoms with Gasteiger partial charge < -0.3 is 4.90 Å². The Balaban J connectivity index is 1.72. The molecule has 4 nitrogen and oxygen atoms in total. The van der Waals surface area contributed by atoms with Crippen LogP contribution in [0, 0.1) is 11.7 Å². The molecule has 1 saturated heterocycles. The Morgan fingerprint density at radius 1 is 1.07 bits per heavy atom. The number of benzene rings is 2. The average Bonchev–Trinajstić information content (AvgIpc) is 2.74. The van der Waals surface area contributed by atoms with Crippen LogP contribution in [0.4, 0.5) is 4.39 Å². The van der Waals surface area contributed by atoms with Gasteiger partial charge in [0, 0.05) is 12.5 Å². The van der Waals surface area contributed by atoms with Crippen molar-refractivity contribution in [2.45, 2.75) is 43.4 Å². The molecule has 0 saturated carbocycles. The van der Waals surface area contributed by atoms with Gasteiger partial charge in [-0.05, 0) is 61.7 Å². The Bertz CT molecular complexity index is 855. The first-order chi connectivity index (χ1) is 14.0. The van der Waals surface area contributed by atoms with E-state index in [1.807, 2.05) is 12.1 Å². The first-order valence-electron chi connectivity index (χ1n) is 10.4. The summed E-state index contributed by atoms with van der Waals surface area (Å²) >= 11 is 0. The summed E-state index contributed by atoms with van der Waals surface area (Å²) < 4.78 is 44.0. The van der Waals surface area contributed by atoms with Gasteiger partial charge in [-0.1, -0.05) is 50.1 Å². The van der Waals surface area contributed by atoms with Crippen LogP contribution >= 0.6 is 0 Å². The monoisotopic (exact) mass is 419 g/mol. The van der Waals surface area contributed by atoms with Crippen LogP contribution in [-0.4, -0.2) is 39.6 Å². The van der Waals surface area contributed by atoms with Crippen LogP contribution in [0.1, 0.15) is 44.1 Å². The first-order valence-corrected chi connectivity index (χ1v) is 11.8. The van der Waals surface area contributed by atoms with E-state index >= 15 is 0 Å². The second-order valence-corrected chi connectivity index (χ2v) is 9.38. The zero-order valence-electron chi connectivity index (χ0n) is 17.0. The van der Waals surface area contributed by atoms with Crippen molar-refractivity contribution in [2.24, 2.45) is 5.92 Å². The van der Waals surface area contributed by atoms with Crippen molar-refractivity contribution < 1.29 is 17.0 Å². The molecule has 0 aromatic heterocycles. The molecule has 0 amide bonds. The molecule has 0 spiro atoms. The van der Waals surface area contributed by atoms with Gasteiger partial charge in [0.05, 0.1) is 11.5 Å². The number of halogens is 1. The number of unbranched alkanes of at least 4 members (excludes halogenated alkanes) is 2. The van der Waals surface area contributed by atoms with Gasteiger partial charge in [-0.3, -0.25) is 4.18 Å². The van der Waals surface area contributed by atoms with Gasteiger partial charge in [-0.15, -0.1) is 0 Å². The summed E-state index contributed by atoms with van der Waals surface area (Å²) in [5.74, 6) is -0.0662. The maximum absolute atomic E-state index is 13.4. The lowest BCUT2D eigenvalue weighted by molar-refractivity contribution is 0.112. The molecular formula is C23H30FNO3S. The number of nitrogens with zero attached hydrogens (tertiary/aromatic N) is 1. The quantitative estimate of drug-likeness (QED) is 0.432. The van der Waals surface area contributed by atoms with E-state index < -0.39 is 10.1 Å². The molecule has 0 aliphatic carbocycles. The molecule has 0 unspecified atom stereocenters. The zero-order chi connectivity index (χ0) is 20.7. The maximum Gasteiger partial charge on any atom is 0.296 e. The lowest BCUT2D eigenvalue weighted by Gasteiger charge is -2.38. The molecular weight excluding hydrogens is 389 g/mol. The number of rotatable bonds is 9. The fraction of sp³-hybridized carbons (Fsp3) is 0.478. The molecule has 0 N–H and O–H groups in total. The lowest BCUT2D eigenvalue weighted by atomic mass is 9.81. The SMILES string of the molecule is CCCCCN1CC[C@@H](c2ccc(F)cc2)[C@@H](COS(=O)(=O)c2ccccc2)C1. The van der Waals surface area contributed by atoms with E-state index in [-0.39, 0.29) is 29.2 Å². The second-order valence-electron chi connectivity index (χ2n) is 7.77. The molecule has 2 aromatic carbocycles. The molecule has 0 bridgehead atoms. The van der Waals surface area contributed by atoms with E-state index in [9.17, 15) is 12.8 Å². The van der Waals surface area contributed by atoms with Crippen molar-refractivity contribution in [3.63, 3.8) is 0 Å². The highest BCUT2D eigenvalue weighted by Gasteiger charge is 2.32. The Labute approximate surface area is 173 Å². The normalized spacial score (nSPS) is 20.6. The minimum atomic E-state index is -3.79. The van der Waals surface area contributed by atoms with Crippen LogP contribution in [0.15, 0.2) is 59.5 Å². The van der Waals surface area contributed by atoms with Gasteiger partial charge in [0.1, 0.15) is 5.82 Å². The number of piperidine rings is 1. The molecule has 29 heavy (non-hydrogen) atoms. The molecule has 1 aliphatic rings. The summed E-state index contributed by atoms with van der Waals surface area (Å²) in [6.45, 7) is 5.09. The van der Waals surface area contributed by atoms with E-state index in [0.717, 1.165) is 38.0 Å². The van der Waals surface area contributed by atoms with E-state index in [1.54, 1.807) is 30.3 Å². The Morgan fingerprint density at radius 3 is 2.48 bits per heavy atom. The highest BCUT2D eigenvalue weighted by Crippen LogP contribution is 2.34. The van der Waals surface area contributed by atoms with Gasteiger partial charge in [0.25, 0.3) is 10.1 Å². The highest BCUT2D eigenvalue weighted by atomic mass is 32.2. The summed E-state index contributed by atoms with van der Waals surface area (Å²) in [6, 6.07) is 14.8. The largest absolute Gasteiger partial charge is 0.303 e. The van der Waals surface area contributed by atoms with Crippen LogP contribution in [0.3, 0.4) is 0 Å². The topological polar surface area (TPSA) is 46.6 Å². The van der Waals surface area contributed by atoms with Crippen LogP contribution in [0.2, 0.25) is 0 Å². The summed E-state index contributed by atoms with van der Waals surface area (Å²) in [5, 5.41) is 0. The van der Waals surface area contributed by atoms with E-state index in [2.05, 4.69) is 11.8 Å². The highest BCUT2D eigenvalue weighted by molar-refractivity contribution is 7.86. The Morgan fingerprint density at radius 2 is 1.79 bits per heavy atom. The Kier molecular flexibility index (Phi) is 7.81. The molecule has 1 fully saturated rings. The summed E-state index contributed by atoms with van der Waals surface area (Å²) in [7, 11) is -3.79. The standard InChI is InChI=1S/C23H30FNO3S/c1-2-3-7-15-25-16-14-23(19-10-12-21(24)13-11-19)20(17-25)18-28-29(26,27)22-8-5-4-6-9-22/h4-6,8-13,20,23H,2-3,7,14-18H2,1H3/t20-,23+/m1/s1. The minimum absolute atomic E-state index is 0.0364. The molecule has 2 aromatic rings. The lowest BCUT2D eigenvalue weighted by Crippen LogP contribution is -2.42. The molecule has 1 heterocycles. The fourth-order valence-electron chi connectivity index (χ4n) is 4.05. The molecule has 1 aliphatic heterocycles. The summed E-state index contributed by atoms with van der Waals surface area (Å²) in [6.07, 6.45) is 4.43. The molecule has 6 heteroatoms. The van der Waals surface area contributed by atoms with Crippen LogP contribution < -0.4 is 0 Å². The Hall–Kier alpha value is -1.76. The van der Waals surface area contributed by atoms with Crippen LogP contribution in [0.5, 0.6) is 0 Å². The smallest absolute Gasteiger partial charge is 0.296 e. The molecule has 2 atom stereocenters. The van der Waals surface area contributed by atoms with Gasteiger partial charge >= 0.3 is 0 Å². The van der Waals surface area contributed by atoms with E-state index in [1.165, 1.54) is 25.0 Å².